The molecule has 14 nitrogen and oxygen atoms in total. The molecule has 4 aliphatic heterocycles. The van der Waals surface area contributed by atoms with E-state index in [1.54, 1.807) is 16.2 Å². The number of aromatic nitrogens is 4. The molecule has 3 unspecified atom stereocenters. The first kappa shape index (κ1) is 40.3. The van der Waals surface area contributed by atoms with Gasteiger partial charge in [-0.05, 0) is 87.5 Å². The van der Waals surface area contributed by atoms with Gasteiger partial charge < -0.3 is 19.9 Å². The lowest BCUT2D eigenvalue weighted by Gasteiger charge is -2.55. The van der Waals surface area contributed by atoms with Crippen LogP contribution in [0.1, 0.15) is 89.2 Å². The first-order chi connectivity index (χ1) is 29.5. The highest BCUT2D eigenvalue weighted by atomic mass is 32.2. The molecule has 2 aromatic heterocycles. The zero-order chi connectivity index (χ0) is 42.0. The van der Waals surface area contributed by atoms with Crippen LogP contribution < -0.4 is 26.1 Å². The predicted molar refractivity (Wildman–Crippen MR) is 240 cm³/mol. The van der Waals surface area contributed by atoms with Gasteiger partial charge in [0.1, 0.15) is 18.1 Å². The third-order valence-corrected chi connectivity index (χ3v) is 15.9. The highest BCUT2D eigenvalue weighted by Gasteiger charge is 2.49. The number of imide groups is 1. The van der Waals surface area contributed by atoms with E-state index in [0.29, 0.717) is 35.9 Å². The number of carbonyl (C=O) groups excluding carboxylic acids is 3. The highest BCUT2D eigenvalue weighted by molar-refractivity contribution is 7.94. The number of hydrogen-bond acceptors (Lipinski definition) is 12. The van der Waals surface area contributed by atoms with Crippen LogP contribution in [0.4, 0.5) is 17.5 Å². The molecule has 2 N–H and O–H groups in total. The van der Waals surface area contributed by atoms with E-state index in [2.05, 4.69) is 67.3 Å². The molecule has 61 heavy (non-hydrogen) atoms. The monoisotopic (exact) mass is 846 g/mol. The Morgan fingerprint density at radius 2 is 1.74 bits per heavy atom. The molecule has 2 saturated carbocycles. The Morgan fingerprint density at radius 3 is 2.48 bits per heavy atom. The molecule has 322 valence electrons. The molecule has 4 saturated heterocycles. The van der Waals surface area contributed by atoms with Gasteiger partial charge in [0.05, 0.1) is 16.4 Å². The maximum atomic E-state index is 13.6. The van der Waals surface area contributed by atoms with Gasteiger partial charge in [-0.2, -0.15) is 4.98 Å². The lowest BCUT2D eigenvalue weighted by molar-refractivity contribution is -0.135. The number of aryl methyl sites for hydroxylation is 1. The number of amides is 2. The number of rotatable bonds is 11. The van der Waals surface area contributed by atoms with Crippen molar-refractivity contribution in [3.05, 3.63) is 64.7 Å². The van der Waals surface area contributed by atoms with E-state index in [1.165, 1.54) is 24.9 Å². The first-order valence-corrected chi connectivity index (χ1v) is 23.2. The van der Waals surface area contributed by atoms with Gasteiger partial charge in [-0.3, -0.25) is 24.0 Å². The number of hydrogen-bond donors (Lipinski definition) is 2. The van der Waals surface area contributed by atoms with Gasteiger partial charge in [0.15, 0.2) is 0 Å². The van der Waals surface area contributed by atoms with Crippen LogP contribution in [0, 0.1) is 11.3 Å². The number of benzene rings is 2. The fraction of sp³-hybridized carbons (Fsp3) is 0.565. The van der Waals surface area contributed by atoms with Crippen molar-refractivity contribution in [3.8, 4) is 11.1 Å². The minimum Gasteiger partial charge on any atom is -0.371 e. The van der Waals surface area contributed by atoms with Crippen LogP contribution in [0.15, 0.2) is 53.5 Å². The molecule has 15 heteroatoms. The zero-order valence-corrected chi connectivity index (χ0v) is 36.5. The maximum absolute atomic E-state index is 13.6. The molecule has 2 aromatic carbocycles. The molecule has 2 aliphatic carbocycles. The number of nitrogens with one attached hydrogen (secondary N) is 2. The van der Waals surface area contributed by atoms with Gasteiger partial charge in [-0.1, -0.05) is 37.6 Å². The van der Waals surface area contributed by atoms with E-state index in [0.717, 1.165) is 112 Å². The molecular weight excluding hydrogens is 789 g/mol. The Bertz CT molecular complexity index is 2410. The number of aldehydes is 1. The summed E-state index contributed by atoms with van der Waals surface area (Å²) in [6.07, 6.45) is 13.4. The summed E-state index contributed by atoms with van der Waals surface area (Å²) in [5, 5.41) is 6.09. The second-order valence-corrected chi connectivity index (χ2v) is 20.1. The van der Waals surface area contributed by atoms with Crippen molar-refractivity contribution in [2.45, 2.75) is 101 Å². The van der Waals surface area contributed by atoms with Crippen LogP contribution in [0.25, 0.3) is 22.2 Å². The molecule has 1 spiro atoms. The normalized spacial score (nSPS) is 25.4. The quantitative estimate of drug-likeness (QED) is 0.109. The number of para-hydroxylation sites is 1. The minimum absolute atomic E-state index is 0.211. The number of imidazole rings is 1. The lowest BCUT2D eigenvalue weighted by atomic mass is 9.74. The number of carbonyl (C=O) groups is 3. The first-order valence-electron chi connectivity index (χ1n) is 22.4. The summed E-state index contributed by atoms with van der Waals surface area (Å²) in [5.74, 6) is 1.49. The van der Waals surface area contributed by atoms with E-state index in [1.807, 2.05) is 36.5 Å². The zero-order valence-electron chi connectivity index (χ0n) is 35.6. The third-order valence-electron chi connectivity index (χ3n) is 14.8. The topological polar surface area (TPSA) is 141 Å². The summed E-state index contributed by atoms with van der Waals surface area (Å²) < 4.78 is 8.24. The Kier molecular flexibility index (Phi) is 10.5. The van der Waals surface area contributed by atoms with E-state index in [9.17, 15) is 19.2 Å². The average Bonchev–Trinajstić information content (AvgIpc) is 3.87. The standard InChI is InChI=1S/C46H58N10O4S/c1-30-8-4-12-36(30)51(2)41-35(46(29-57)19-20-46)25-47-43(50-41)48-32-16-22-54(23-17-32)61-55-27-45(28-55)18-7-21-53(26-45)33-10-5-9-31(24-33)34-11-6-13-37-40(34)52(3)44(60)56(37)38-14-15-39(58)49-42(38)59/h5-6,9-11,13,24-25,29-30,32,36,38H,4,7-8,12,14-23,26-28H2,1-3H3,(H,47,48,50)(H,49,58,59). The van der Waals surface area contributed by atoms with Crippen LogP contribution in [0.3, 0.4) is 0 Å². The van der Waals surface area contributed by atoms with E-state index in [-0.39, 0.29) is 23.4 Å². The summed E-state index contributed by atoms with van der Waals surface area (Å²) in [4.78, 5) is 65.2. The molecular formula is C46H58N10O4S. The Labute approximate surface area is 361 Å². The molecule has 10 rings (SSSR count). The van der Waals surface area contributed by atoms with Crippen LogP contribution >= 0.6 is 12.1 Å². The molecule has 6 heterocycles. The number of anilines is 3. The minimum atomic E-state index is -0.717. The van der Waals surface area contributed by atoms with Crippen molar-refractivity contribution < 1.29 is 14.4 Å². The predicted octanol–water partition coefficient (Wildman–Crippen LogP) is 5.67. The van der Waals surface area contributed by atoms with Crippen molar-refractivity contribution in [1.29, 1.82) is 0 Å². The van der Waals surface area contributed by atoms with Crippen molar-refractivity contribution in [2.75, 3.05) is 61.4 Å². The fourth-order valence-corrected chi connectivity index (χ4v) is 12.5. The molecule has 0 radical (unpaired) electrons. The molecule has 2 amide bonds. The number of fused-ring (bicyclic) bond motifs is 1. The van der Waals surface area contributed by atoms with E-state index in [4.69, 9.17) is 9.97 Å². The Morgan fingerprint density at radius 1 is 0.934 bits per heavy atom. The summed E-state index contributed by atoms with van der Waals surface area (Å²) >= 11 is 1.91. The van der Waals surface area contributed by atoms with Gasteiger partial charge in [0.2, 0.25) is 17.8 Å². The van der Waals surface area contributed by atoms with Crippen LogP contribution in [0.2, 0.25) is 0 Å². The van der Waals surface area contributed by atoms with Crippen molar-refractivity contribution in [1.82, 2.24) is 33.0 Å². The summed E-state index contributed by atoms with van der Waals surface area (Å²) in [7, 11) is 3.92. The largest absolute Gasteiger partial charge is 0.371 e. The number of nitrogens with zero attached hydrogens (tertiary/aromatic N) is 8. The van der Waals surface area contributed by atoms with Crippen molar-refractivity contribution in [2.24, 2.45) is 18.4 Å². The smallest absolute Gasteiger partial charge is 0.329 e. The van der Waals surface area contributed by atoms with Gasteiger partial charge in [0.25, 0.3) is 0 Å². The maximum Gasteiger partial charge on any atom is 0.329 e. The molecule has 6 fully saturated rings. The van der Waals surface area contributed by atoms with Crippen LogP contribution in [-0.2, 0) is 26.8 Å². The average molecular weight is 847 g/mol. The van der Waals surface area contributed by atoms with Gasteiger partial charge in [0, 0.05) is 112 Å². The van der Waals surface area contributed by atoms with Gasteiger partial charge in [-0.25, -0.2) is 18.4 Å². The second kappa shape index (κ2) is 15.9. The summed E-state index contributed by atoms with van der Waals surface area (Å²) in [6, 6.07) is 14.6. The number of piperidine rings is 3. The van der Waals surface area contributed by atoms with E-state index < -0.39 is 17.4 Å². The SMILES string of the molecule is CC1CCCC1N(C)c1nc(NC2CCN(SN3CC4(CCCN(c5cccc(-c6cccc7c6n(C)c(=O)n7C6CCC(=O)NC6=O)c5)C4)C3)CC2)ncc1C1(C=O)CC1. The van der Waals surface area contributed by atoms with Crippen LogP contribution in [0.5, 0.6) is 0 Å². The highest BCUT2D eigenvalue weighted by Crippen LogP contribution is 2.50. The summed E-state index contributed by atoms with van der Waals surface area (Å²) in [5.41, 5.74) is 5.22. The van der Waals surface area contributed by atoms with E-state index >= 15 is 0 Å². The second-order valence-electron chi connectivity index (χ2n) is 18.9. The fourth-order valence-electron chi connectivity index (χ4n) is 11.2. The van der Waals surface area contributed by atoms with Crippen molar-refractivity contribution in [3.63, 3.8) is 0 Å². The molecule has 3 atom stereocenters. The molecule has 4 aromatic rings. The summed E-state index contributed by atoms with van der Waals surface area (Å²) in [6.45, 7) is 8.49. The van der Waals surface area contributed by atoms with Gasteiger partial charge >= 0.3 is 5.69 Å². The molecule has 0 bridgehead atoms. The molecule has 6 aliphatic rings. The third kappa shape index (κ3) is 7.43. The van der Waals surface area contributed by atoms with Crippen molar-refractivity contribution >= 4 is 58.7 Å². The van der Waals surface area contributed by atoms with Crippen LogP contribution in [-0.4, -0.2) is 104 Å². The lowest BCUT2D eigenvalue weighted by Crippen LogP contribution is -2.61. The Hall–Kier alpha value is -4.73. The van der Waals surface area contributed by atoms with Gasteiger partial charge in [-0.15, -0.1) is 0 Å². The Balaban J connectivity index is 0.758.